The third-order valence-corrected chi connectivity index (χ3v) is 7.70. The van der Waals surface area contributed by atoms with Crippen LogP contribution >= 0.6 is 11.8 Å². The first-order chi connectivity index (χ1) is 15.5. The second-order valence-corrected chi connectivity index (χ2v) is 9.70. The van der Waals surface area contributed by atoms with E-state index < -0.39 is 0 Å². The fourth-order valence-electron chi connectivity index (χ4n) is 4.43. The summed E-state index contributed by atoms with van der Waals surface area (Å²) in [6.07, 6.45) is 8.70. The van der Waals surface area contributed by atoms with Gasteiger partial charge in [0.15, 0.2) is 0 Å². The molecule has 0 saturated carbocycles. The molecule has 32 heavy (non-hydrogen) atoms. The molecule has 1 aliphatic rings. The van der Waals surface area contributed by atoms with Gasteiger partial charge in [0, 0.05) is 23.1 Å². The number of hydrogen-bond acceptors (Lipinski definition) is 4. The molecule has 0 aliphatic carbocycles. The third-order valence-electron chi connectivity index (χ3n) is 6.64. The van der Waals surface area contributed by atoms with E-state index in [2.05, 4.69) is 55.8 Å². The Morgan fingerprint density at radius 3 is 2.66 bits per heavy atom. The number of carbonyl (C=O) groups is 1. The monoisotopic (exact) mass is 449 g/mol. The van der Waals surface area contributed by atoms with Gasteiger partial charge in [-0.3, -0.25) is 4.79 Å². The summed E-state index contributed by atoms with van der Waals surface area (Å²) in [5, 5.41) is 0. The summed E-state index contributed by atoms with van der Waals surface area (Å²) in [6.45, 7) is 9.08. The Balaban J connectivity index is 1.67. The summed E-state index contributed by atoms with van der Waals surface area (Å²) in [6, 6.07) is 8.77. The molecule has 0 spiro atoms. The van der Waals surface area contributed by atoms with E-state index in [1.165, 1.54) is 46.6 Å². The first-order valence-corrected chi connectivity index (χ1v) is 12.9. The van der Waals surface area contributed by atoms with Crippen molar-refractivity contribution >= 4 is 17.7 Å². The van der Waals surface area contributed by atoms with Gasteiger partial charge in [-0.05, 0) is 104 Å². The van der Waals surface area contributed by atoms with Crippen LogP contribution in [0.2, 0.25) is 0 Å². The molecule has 0 N–H and O–H groups in total. The molecule has 0 fully saturated rings. The number of aryl methyl sites for hydroxylation is 2. The zero-order valence-electron chi connectivity index (χ0n) is 19.9. The Bertz CT molecular complexity index is 981. The topological polar surface area (TPSA) is 39.2 Å². The van der Waals surface area contributed by atoms with Crippen LogP contribution < -0.4 is 0 Å². The minimum atomic E-state index is -0.109. The molecule has 2 heterocycles. The lowest BCUT2D eigenvalue weighted by molar-refractivity contribution is -0.143. The number of hydrogen-bond donors (Lipinski definition) is 0. The second-order valence-electron chi connectivity index (χ2n) is 8.56. The molecule has 0 unspecified atom stereocenters. The number of thioether (sulfide) groups is 1. The van der Waals surface area contributed by atoms with Crippen LogP contribution in [0.5, 0.6) is 0 Å². The lowest BCUT2D eigenvalue weighted by Gasteiger charge is -2.38. The van der Waals surface area contributed by atoms with Crippen LogP contribution in [0.25, 0.3) is 0 Å². The van der Waals surface area contributed by atoms with Gasteiger partial charge in [0.25, 0.3) is 0 Å². The van der Waals surface area contributed by atoms with Crippen molar-refractivity contribution in [1.29, 1.82) is 0 Å². The van der Waals surface area contributed by atoms with Crippen molar-refractivity contribution in [2.45, 2.75) is 83.0 Å². The molecule has 1 aromatic heterocycles. The van der Waals surface area contributed by atoms with Crippen LogP contribution in [0.15, 0.2) is 35.4 Å². The van der Waals surface area contributed by atoms with Gasteiger partial charge < -0.3 is 4.74 Å². The molecule has 2 aromatic rings. The van der Waals surface area contributed by atoms with E-state index in [9.17, 15) is 4.79 Å². The molecule has 0 atom stereocenters. The van der Waals surface area contributed by atoms with E-state index in [1.54, 1.807) is 0 Å². The number of pyridine rings is 1. The van der Waals surface area contributed by atoms with Crippen molar-refractivity contribution in [3.63, 3.8) is 0 Å². The van der Waals surface area contributed by atoms with Crippen LogP contribution in [0.1, 0.15) is 87.2 Å². The highest BCUT2D eigenvalue weighted by Gasteiger charge is 2.34. The third kappa shape index (κ3) is 5.95. The number of rotatable bonds is 8. The van der Waals surface area contributed by atoms with Gasteiger partial charge in [-0.1, -0.05) is 25.8 Å². The maximum absolute atomic E-state index is 11.4. The summed E-state index contributed by atoms with van der Waals surface area (Å²) >= 11 is 1.99. The normalized spacial score (nSPS) is 14.2. The summed E-state index contributed by atoms with van der Waals surface area (Å²) < 4.78 is 4.97. The van der Waals surface area contributed by atoms with Crippen LogP contribution in [0.4, 0.5) is 0 Å². The predicted molar refractivity (Wildman–Crippen MR) is 133 cm³/mol. The number of nitrogens with zero attached hydrogens (tertiary/aromatic N) is 1. The minimum absolute atomic E-state index is 0.109. The number of carbonyl (C=O) groups excluding carboxylic acids is 1. The highest BCUT2D eigenvalue weighted by Crippen LogP contribution is 2.46. The van der Waals surface area contributed by atoms with Crippen LogP contribution in [-0.2, 0) is 21.4 Å². The molecule has 3 rings (SSSR count). The van der Waals surface area contributed by atoms with E-state index in [4.69, 9.17) is 4.74 Å². The van der Waals surface area contributed by atoms with Gasteiger partial charge in [-0.25, -0.2) is 4.98 Å². The SMILES string of the molecule is CCOC(=O)CCCCc1ccc(C#Cc2cc3c(cc2C)SCCC3(CC)CC)nc1. The molecule has 0 bridgehead atoms. The number of aromatic nitrogens is 1. The minimum Gasteiger partial charge on any atom is -0.466 e. The predicted octanol–water partition coefficient (Wildman–Crippen LogP) is 6.62. The Hall–Kier alpha value is -2.25. The maximum Gasteiger partial charge on any atom is 0.305 e. The largest absolute Gasteiger partial charge is 0.466 e. The highest BCUT2D eigenvalue weighted by molar-refractivity contribution is 7.99. The molecule has 1 aromatic carbocycles. The molecule has 170 valence electrons. The van der Waals surface area contributed by atoms with Crippen molar-refractivity contribution in [2.24, 2.45) is 0 Å². The summed E-state index contributed by atoms with van der Waals surface area (Å²) in [5.41, 5.74) is 6.10. The van der Waals surface area contributed by atoms with E-state index in [0.717, 1.165) is 30.5 Å². The Labute approximate surface area is 197 Å². The molecule has 0 radical (unpaired) electrons. The standard InChI is InChI=1S/C28H35NO2S/c1-5-28(6-2)16-17-32-26-18-21(4)23(19-25(26)28)13-15-24-14-12-22(20-29-24)10-8-9-11-27(30)31-7-3/h12,14,18-20H,5-11,16-17H2,1-4H3. The smallest absolute Gasteiger partial charge is 0.305 e. The van der Waals surface area contributed by atoms with Gasteiger partial charge in [0.05, 0.1) is 6.61 Å². The van der Waals surface area contributed by atoms with E-state index in [1.807, 2.05) is 30.9 Å². The lowest BCUT2D eigenvalue weighted by Crippen LogP contribution is -2.29. The lowest BCUT2D eigenvalue weighted by atomic mass is 9.73. The van der Waals surface area contributed by atoms with Gasteiger partial charge >= 0.3 is 5.97 Å². The van der Waals surface area contributed by atoms with Gasteiger partial charge in [-0.15, -0.1) is 11.8 Å². The quantitative estimate of drug-likeness (QED) is 0.258. The molecular formula is C28H35NO2S. The Kier molecular flexibility index (Phi) is 8.82. The number of benzene rings is 1. The Morgan fingerprint density at radius 2 is 1.97 bits per heavy atom. The first kappa shape index (κ1) is 24.4. The maximum atomic E-state index is 11.4. The number of esters is 1. The molecule has 1 aliphatic heterocycles. The molecule has 0 saturated heterocycles. The average molecular weight is 450 g/mol. The van der Waals surface area contributed by atoms with Gasteiger partial charge in [0.1, 0.15) is 5.69 Å². The Morgan fingerprint density at radius 1 is 1.16 bits per heavy atom. The zero-order valence-corrected chi connectivity index (χ0v) is 20.7. The van der Waals surface area contributed by atoms with Crippen molar-refractivity contribution in [3.8, 4) is 11.8 Å². The van der Waals surface area contributed by atoms with Crippen molar-refractivity contribution < 1.29 is 9.53 Å². The summed E-state index contributed by atoms with van der Waals surface area (Å²) in [7, 11) is 0. The first-order valence-electron chi connectivity index (χ1n) is 11.9. The van der Waals surface area contributed by atoms with E-state index in [-0.39, 0.29) is 11.4 Å². The van der Waals surface area contributed by atoms with E-state index >= 15 is 0 Å². The van der Waals surface area contributed by atoms with Crippen molar-refractivity contribution in [2.75, 3.05) is 12.4 Å². The number of fused-ring (bicyclic) bond motifs is 1. The van der Waals surface area contributed by atoms with Gasteiger partial charge in [-0.2, -0.15) is 0 Å². The molecular weight excluding hydrogens is 414 g/mol. The van der Waals surface area contributed by atoms with Gasteiger partial charge in [0.2, 0.25) is 0 Å². The van der Waals surface area contributed by atoms with Crippen LogP contribution in [-0.4, -0.2) is 23.3 Å². The molecule has 0 amide bonds. The zero-order chi connectivity index (χ0) is 23.0. The summed E-state index contributed by atoms with van der Waals surface area (Å²) in [4.78, 5) is 17.4. The molecule has 4 heteroatoms. The highest BCUT2D eigenvalue weighted by atomic mass is 32.2. The van der Waals surface area contributed by atoms with Crippen LogP contribution in [0.3, 0.4) is 0 Å². The number of unbranched alkanes of at least 4 members (excludes halogenated alkanes) is 1. The van der Waals surface area contributed by atoms with E-state index in [0.29, 0.717) is 13.0 Å². The van der Waals surface area contributed by atoms with Crippen LogP contribution in [0, 0.1) is 18.8 Å². The molecule has 3 nitrogen and oxygen atoms in total. The fraction of sp³-hybridized carbons (Fsp3) is 0.500. The van der Waals surface area contributed by atoms with Crippen molar-refractivity contribution in [1.82, 2.24) is 4.98 Å². The average Bonchev–Trinajstić information content (AvgIpc) is 2.81. The second kappa shape index (κ2) is 11.6. The summed E-state index contributed by atoms with van der Waals surface area (Å²) in [5.74, 6) is 7.75. The van der Waals surface area contributed by atoms with Crippen molar-refractivity contribution in [3.05, 3.63) is 58.4 Å². The number of ether oxygens (including phenoxy) is 1. The fourth-order valence-corrected chi connectivity index (χ4v) is 5.84.